The normalized spacial score (nSPS) is 15.6. The zero-order valence-corrected chi connectivity index (χ0v) is 23.5. The summed E-state index contributed by atoms with van der Waals surface area (Å²) in [5, 5.41) is 3.41. The van der Waals surface area contributed by atoms with Crippen molar-refractivity contribution in [3.8, 4) is 5.75 Å². The maximum atomic E-state index is 14.0. The molecule has 2 aliphatic rings. The first-order chi connectivity index (χ1) is 20.7. The molecule has 0 saturated carbocycles. The summed E-state index contributed by atoms with van der Waals surface area (Å²) in [4.78, 5) is 39.4. The monoisotopic (exact) mass is 594 g/mol. The molecule has 0 aliphatic carbocycles. The van der Waals surface area contributed by atoms with Gasteiger partial charge in [-0.15, -0.1) is 0 Å². The van der Waals surface area contributed by atoms with Crippen LogP contribution in [0.3, 0.4) is 0 Å². The summed E-state index contributed by atoms with van der Waals surface area (Å²) in [6.45, 7) is 3.81. The molecule has 2 aliphatic heterocycles. The fourth-order valence-corrected chi connectivity index (χ4v) is 5.56. The second-order valence-electron chi connectivity index (χ2n) is 10.2. The van der Waals surface area contributed by atoms with E-state index in [9.17, 15) is 22.8 Å². The van der Waals surface area contributed by atoms with Crippen molar-refractivity contribution in [1.29, 1.82) is 0 Å². The molecule has 2 aromatic carbocycles. The number of fused-ring (bicyclic) bond motifs is 3. The van der Waals surface area contributed by atoms with Crippen molar-refractivity contribution < 1.29 is 32.2 Å². The average molecular weight is 595 g/mol. The minimum Gasteiger partial charge on any atom is -0.497 e. The zero-order valence-electron chi connectivity index (χ0n) is 23.5. The number of ether oxygens (including phenoxy) is 2. The number of nitrogens with zero attached hydrogens (tertiary/aromatic N) is 4. The highest BCUT2D eigenvalue weighted by Gasteiger charge is 2.36. The fraction of sp³-hybridized carbons (Fsp3) is 0.300. The van der Waals surface area contributed by atoms with Crippen molar-refractivity contribution in [2.24, 2.45) is 0 Å². The number of rotatable bonds is 6. The summed E-state index contributed by atoms with van der Waals surface area (Å²) in [7, 11) is 1.43. The highest BCUT2D eigenvalue weighted by Crippen LogP contribution is 2.40. The van der Waals surface area contributed by atoms with Gasteiger partial charge in [-0.25, -0.2) is 9.78 Å². The molecule has 2 aromatic heterocycles. The molecular formula is C30H29F3N6O4. The third kappa shape index (κ3) is 5.31. The third-order valence-corrected chi connectivity index (χ3v) is 7.62. The van der Waals surface area contributed by atoms with E-state index < -0.39 is 17.6 Å². The van der Waals surface area contributed by atoms with Crippen LogP contribution in [0.15, 0.2) is 54.9 Å². The Morgan fingerprint density at radius 1 is 1.14 bits per heavy atom. The van der Waals surface area contributed by atoms with Crippen LogP contribution in [0.25, 0.3) is 11.0 Å². The van der Waals surface area contributed by atoms with Gasteiger partial charge in [0.25, 0.3) is 5.91 Å². The summed E-state index contributed by atoms with van der Waals surface area (Å²) in [5.41, 5.74) is 1.95. The van der Waals surface area contributed by atoms with E-state index in [1.165, 1.54) is 36.3 Å². The number of carbonyl (C=O) groups excluding carboxylic acids is 2. The van der Waals surface area contributed by atoms with Gasteiger partial charge in [0.2, 0.25) is 0 Å². The zero-order chi connectivity index (χ0) is 30.3. The molecule has 10 nitrogen and oxygen atoms in total. The first-order valence-corrected chi connectivity index (χ1v) is 13.8. The number of hydrogen-bond donors (Lipinski definition) is 2. The van der Waals surface area contributed by atoms with Gasteiger partial charge in [0, 0.05) is 66.0 Å². The number of hydrogen-bond acceptors (Lipinski definition) is 6. The van der Waals surface area contributed by atoms with E-state index in [0.717, 1.165) is 22.7 Å². The van der Waals surface area contributed by atoms with Gasteiger partial charge in [-0.1, -0.05) is 0 Å². The van der Waals surface area contributed by atoms with Crippen molar-refractivity contribution in [2.45, 2.75) is 19.6 Å². The van der Waals surface area contributed by atoms with Gasteiger partial charge in [0.05, 0.1) is 43.8 Å². The number of anilines is 4. The second-order valence-corrected chi connectivity index (χ2v) is 10.2. The molecule has 224 valence electrons. The van der Waals surface area contributed by atoms with Crippen LogP contribution >= 0.6 is 0 Å². The van der Waals surface area contributed by atoms with E-state index in [-0.39, 0.29) is 29.5 Å². The quantitative estimate of drug-likeness (QED) is 0.299. The number of pyridine rings is 1. The molecule has 1 saturated heterocycles. The van der Waals surface area contributed by atoms with Crippen molar-refractivity contribution in [3.63, 3.8) is 0 Å². The highest BCUT2D eigenvalue weighted by atomic mass is 19.4. The van der Waals surface area contributed by atoms with Crippen LogP contribution in [0.4, 0.5) is 40.7 Å². The van der Waals surface area contributed by atoms with Crippen LogP contribution in [-0.4, -0.2) is 61.9 Å². The van der Waals surface area contributed by atoms with Gasteiger partial charge in [0.15, 0.2) is 0 Å². The van der Waals surface area contributed by atoms with E-state index >= 15 is 0 Å². The van der Waals surface area contributed by atoms with Crippen molar-refractivity contribution in [3.05, 3.63) is 71.5 Å². The summed E-state index contributed by atoms with van der Waals surface area (Å²) < 4.78 is 52.8. The molecule has 0 radical (unpaired) electrons. The predicted octanol–water partition coefficient (Wildman–Crippen LogP) is 5.65. The Hall–Kier alpha value is -4.78. The lowest BCUT2D eigenvalue weighted by Crippen LogP contribution is -2.47. The Morgan fingerprint density at radius 3 is 2.65 bits per heavy atom. The summed E-state index contributed by atoms with van der Waals surface area (Å²) in [6.07, 6.45) is -1.15. The molecule has 43 heavy (non-hydrogen) atoms. The van der Waals surface area contributed by atoms with E-state index in [1.807, 2.05) is 13.0 Å². The number of aromatic amines is 1. The highest BCUT2D eigenvalue weighted by molar-refractivity contribution is 6.12. The molecule has 6 rings (SSSR count). The number of benzene rings is 2. The van der Waals surface area contributed by atoms with Crippen molar-refractivity contribution >= 4 is 45.7 Å². The standard InChI is InChI=1S/C30H29F3N6O4/c1-3-38-26-19(16-35-27-23(26)6-7-34-27)17-39(29(38)41)21-12-18(13-22(15-21)42-2)28(40)36-20-4-5-25(24(14-20)30(31,32)33)37-8-10-43-11-9-37/h4-7,12-16H,3,8-11,17H2,1-2H3,(H,34,35)(H,36,40). The van der Waals surface area contributed by atoms with Gasteiger partial charge in [0.1, 0.15) is 11.4 Å². The first-order valence-electron chi connectivity index (χ1n) is 13.8. The van der Waals surface area contributed by atoms with Crippen LogP contribution in [-0.2, 0) is 17.5 Å². The minimum atomic E-state index is -4.63. The Bertz CT molecular complexity index is 1700. The minimum absolute atomic E-state index is 0.0135. The average Bonchev–Trinajstić information content (AvgIpc) is 3.50. The Balaban J connectivity index is 1.31. The van der Waals surface area contributed by atoms with Crippen molar-refractivity contribution in [2.75, 3.05) is 60.0 Å². The number of halogens is 3. The van der Waals surface area contributed by atoms with Crippen molar-refractivity contribution in [1.82, 2.24) is 9.97 Å². The summed E-state index contributed by atoms with van der Waals surface area (Å²) in [5.74, 6) is -0.345. The molecule has 4 aromatic rings. The molecule has 0 bridgehead atoms. The lowest BCUT2D eigenvalue weighted by Gasteiger charge is -2.37. The van der Waals surface area contributed by atoms with Gasteiger partial charge in [-0.2, -0.15) is 13.2 Å². The SMILES string of the molecule is CCN1C(=O)N(c2cc(OC)cc(C(=O)Nc3ccc(N4CCOCC4)c(C(F)(F)F)c3)c2)Cc2cnc3[nH]ccc3c21. The maximum absolute atomic E-state index is 14.0. The van der Waals surface area contributed by atoms with Crippen LogP contribution < -0.4 is 24.8 Å². The van der Waals surface area contributed by atoms with E-state index in [0.29, 0.717) is 49.9 Å². The maximum Gasteiger partial charge on any atom is 0.418 e. The number of carbonyl (C=O) groups is 2. The van der Waals surface area contributed by atoms with Gasteiger partial charge in [-0.05, 0) is 43.3 Å². The van der Waals surface area contributed by atoms with Crippen LogP contribution in [0, 0.1) is 0 Å². The van der Waals surface area contributed by atoms with Crippen LogP contribution in [0.1, 0.15) is 28.4 Å². The number of morpholine rings is 1. The smallest absolute Gasteiger partial charge is 0.418 e. The number of H-pyrrole nitrogens is 1. The van der Waals surface area contributed by atoms with E-state index in [2.05, 4.69) is 15.3 Å². The van der Waals surface area contributed by atoms with Crippen LogP contribution in [0.2, 0.25) is 0 Å². The van der Waals surface area contributed by atoms with Gasteiger partial charge < -0.3 is 24.7 Å². The topological polar surface area (TPSA) is 103 Å². The molecular weight excluding hydrogens is 565 g/mol. The van der Waals surface area contributed by atoms with Gasteiger partial charge >= 0.3 is 12.2 Å². The number of amides is 3. The number of nitrogens with one attached hydrogen (secondary N) is 2. The third-order valence-electron chi connectivity index (χ3n) is 7.62. The second kappa shape index (κ2) is 11.1. The number of methoxy groups -OCH3 is 1. The molecule has 3 amide bonds. The van der Waals surface area contributed by atoms with Gasteiger partial charge in [-0.3, -0.25) is 14.6 Å². The Morgan fingerprint density at radius 2 is 1.93 bits per heavy atom. The predicted molar refractivity (Wildman–Crippen MR) is 156 cm³/mol. The number of urea groups is 1. The molecule has 0 spiro atoms. The van der Waals surface area contributed by atoms with E-state index in [1.54, 1.807) is 28.3 Å². The first kappa shape index (κ1) is 28.3. The summed E-state index contributed by atoms with van der Waals surface area (Å²) in [6, 6.07) is 9.93. The summed E-state index contributed by atoms with van der Waals surface area (Å²) >= 11 is 0. The molecule has 4 heterocycles. The number of aromatic nitrogens is 2. The molecule has 1 fully saturated rings. The van der Waals surface area contributed by atoms with E-state index in [4.69, 9.17) is 9.47 Å². The Kier molecular flexibility index (Phi) is 7.34. The molecule has 0 unspecified atom stereocenters. The largest absolute Gasteiger partial charge is 0.497 e. The molecule has 0 atom stereocenters. The number of alkyl halides is 3. The lowest BCUT2D eigenvalue weighted by atomic mass is 10.1. The lowest BCUT2D eigenvalue weighted by molar-refractivity contribution is -0.137. The van der Waals surface area contributed by atoms with Crippen LogP contribution in [0.5, 0.6) is 5.75 Å². The fourth-order valence-electron chi connectivity index (χ4n) is 5.56. The Labute approximate surface area is 245 Å². The molecule has 2 N–H and O–H groups in total. The molecule has 13 heteroatoms.